The van der Waals surface area contributed by atoms with Crippen molar-refractivity contribution in [1.82, 2.24) is 9.97 Å². The highest BCUT2D eigenvalue weighted by atomic mass is 16.1. The van der Waals surface area contributed by atoms with Gasteiger partial charge in [-0.1, -0.05) is 91.0 Å². The molecule has 0 aliphatic rings. The Morgan fingerprint density at radius 3 is 1.81 bits per heavy atom. The Bertz CT molecular complexity index is 1140. The highest BCUT2D eigenvalue weighted by Gasteiger charge is 2.21. The fourth-order valence-corrected chi connectivity index (χ4v) is 2.96. The van der Waals surface area contributed by atoms with Gasteiger partial charge in [0.2, 0.25) is 5.78 Å². The van der Waals surface area contributed by atoms with Gasteiger partial charge < -0.3 is 4.98 Å². The molecule has 0 aliphatic carbocycles. The predicted molar refractivity (Wildman–Crippen MR) is 106 cm³/mol. The number of nitrogens with zero attached hydrogens (tertiary/aromatic N) is 1. The molecule has 0 atom stereocenters. The van der Waals surface area contributed by atoms with E-state index in [1.165, 1.54) is 0 Å². The molecule has 1 aromatic heterocycles. The highest BCUT2D eigenvalue weighted by Crippen LogP contribution is 2.24. The summed E-state index contributed by atoms with van der Waals surface area (Å²) in [6, 6.07) is 27.4. The Kier molecular flexibility index (Phi) is 4.45. The minimum absolute atomic E-state index is 0.0482. The van der Waals surface area contributed by atoms with E-state index in [-0.39, 0.29) is 11.3 Å². The molecular formula is C23H16N2O2. The molecule has 4 aromatic rings. The fourth-order valence-electron chi connectivity index (χ4n) is 2.96. The maximum atomic E-state index is 13.0. The van der Waals surface area contributed by atoms with Crippen molar-refractivity contribution < 1.29 is 4.79 Å². The molecule has 4 rings (SSSR count). The maximum Gasteiger partial charge on any atom is 0.263 e. The van der Waals surface area contributed by atoms with Crippen LogP contribution in [-0.2, 0) is 0 Å². The van der Waals surface area contributed by atoms with Crippen molar-refractivity contribution in [2.75, 3.05) is 0 Å². The lowest BCUT2D eigenvalue weighted by atomic mass is 9.99. The van der Waals surface area contributed by atoms with Gasteiger partial charge in [0, 0.05) is 16.7 Å². The molecule has 1 N–H and O–H groups in total. The lowest BCUT2D eigenvalue weighted by Gasteiger charge is -2.10. The van der Waals surface area contributed by atoms with Crippen molar-refractivity contribution in [3.63, 3.8) is 0 Å². The van der Waals surface area contributed by atoms with E-state index in [1.807, 2.05) is 66.7 Å². The van der Waals surface area contributed by atoms with Crippen molar-refractivity contribution in [2.45, 2.75) is 0 Å². The van der Waals surface area contributed by atoms with Crippen LogP contribution in [0.5, 0.6) is 0 Å². The van der Waals surface area contributed by atoms with E-state index < -0.39 is 5.56 Å². The highest BCUT2D eigenvalue weighted by molar-refractivity contribution is 6.12. The van der Waals surface area contributed by atoms with Crippen LogP contribution in [0.4, 0.5) is 0 Å². The van der Waals surface area contributed by atoms with E-state index in [4.69, 9.17) is 0 Å². The lowest BCUT2D eigenvalue weighted by Crippen LogP contribution is -2.22. The zero-order valence-corrected chi connectivity index (χ0v) is 14.4. The van der Waals surface area contributed by atoms with Gasteiger partial charge in [0.05, 0.1) is 5.69 Å². The standard InChI is InChI=1S/C23H16N2O2/c26-21(17-12-6-2-7-13-17)19-20(16-10-4-1-5-11-16)24-22(25-23(19)27)18-14-8-3-9-15-18/h1-15H,(H,24,25,27). The van der Waals surface area contributed by atoms with E-state index in [9.17, 15) is 9.59 Å². The van der Waals surface area contributed by atoms with Gasteiger partial charge in [-0.3, -0.25) is 9.59 Å². The summed E-state index contributed by atoms with van der Waals surface area (Å²) in [6.45, 7) is 0. The zero-order chi connectivity index (χ0) is 18.6. The molecule has 0 fully saturated rings. The third-order valence-corrected chi connectivity index (χ3v) is 4.28. The van der Waals surface area contributed by atoms with Crippen molar-refractivity contribution in [1.29, 1.82) is 0 Å². The number of aromatic nitrogens is 2. The SMILES string of the molecule is O=C(c1ccccc1)c1c(-c2ccccc2)nc(-c2ccccc2)[nH]c1=O. The first-order chi connectivity index (χ1) is 13.2. The summed E-state index contributed by atoms with van der Waals surface area (Å²) in [7, 11) is 0. The molecule has 0 radical (unpaired) electrons. The molecule has 0 aliphatic heterocycles. The monoisotopic (exact) mass is 352 g/mol. The number of rotatable bonds is 4. The maximum absolute atomic E-state index is 13.0. The van der Waals surface area contributed by atoms with E-state index in [0.717, 1.165) is 11.1 Å². The molecular weight excluding hydrogens is 336 g/mol. The van der Waals surface area contributed by atoms with Gasteiger partial charge in [0.1, 0.15) is 11.4 Å². The largest absolute Gasteiger partial charge is 0.306 e. The average Bonchev–Trinajstić information content (AvgIpc) is 2.74. The first-order valence-corrected chi connectivity index (χ1v) is 8.59. The smallest absolute Gasteiger partial charge is 0.263 e. The number of carbonyl (C=O) groups excluding carboxylic acids is 1. The molecule has 4 heteroatoms. The zero-order valence-electron chi connectivity index (χ0n) is 14.4. The Morgan fingerprint density at radius 1 is 0.704 bits per heavy atom. The van der Waals surface area contributed by atoms with Gasteiger partial charge in [-0.15, -0.1) is 0 Å². The van der Waals surface area contributed by atoms with Crippen LogP contribution < -0.4 is 5.56 Å². The number of hydrogen-bond acceptors (Lipinski definition) is 3. The molecule has 3 aromatic carbocycles. The molecule has 4 nitrogen and oxygen atoms in total. The summed E-state index contributed by atoms with van der Waals surface area (Å²) >= 11 is 0. The molecule has 130 valence electrons. The second-order valence-corrected chi connectivity index (χ2v) is 6.07. The van der Waals surface area contributed by atoms with Crippen LogP contribution in [0.2, 0.25) is 0 Å². The number of ketones is 1. The van der Waals surface area contributed by atoms with Gasteiger partial charge in [-0.2, -0.15) is 0 Å². The van der Waals surface area contributed by atoms with Crippen LogP contribution in [-0.4, -0.2) is 15.8 Å². The van der Waals surface area contributed by atoms with Crippen LogP contribution in [0.15, 0.2) is 95.8 Å². The third-order valence-electron chi connectivity index (χ3n) is 4.28. The number of hydrogen-bond donors (Lipinski definition) is 1. The molecule has 1 heterocycles. The second kappa shape index (κ2) is 7.22. The van der Waals surface area contributed by atoms with Gasteiger partial charge in [0.25, 0.3) is 5.56 Å². The summed E-state index contributed by atoms with van der Waals surface area (Å²) in [5.41, 5.74) is 1.94. The first-order valence-electron chi connectivity index (χ1n) is 8.59. The molecule has 27 heavy (non-hydrogen) atoms. The molecule has 0 spiro atoms. The van der Waals surface area contributed by atoms with E-state index in [1.54, 1.807) is 24.3 Å². The topological polar surface area (TPSA) is 62.8 Å². The van der Waals surface area contributed by atoms with Crippen LogP contribution in [0, 0.1) is 0 Å². The van der Waals surface area contributed by atoms with Gasteiger partial charge in [-0.05, 0) is 0 Å². The fraction of sp³-hybridized carbons (Fsp3) is 0. The molecule has 0 unspecified atom stereocenters. The van der Waals surface area contributed by atoms with Crippen molar-refractivity contribution in [2.24, 2.45) is 0 Å². The van der Waals surface area contributed by atoms with Gasteiger partial charge in [0.15, 0.2) is 0 Å². The Balaban J connectivity index is 1.96. The summed E-state index contributed by atoms with van der Waals surface area (Å²) in [5, 5.41) is 0. The third kappa shape index (κ3) is 3.33. The summed E-state index contributed by atoms with van der Waals surface area (Å²) < 4.78 is 0. The second-order valence-electron chi connectivity index (χ2n) is 6.07. The van der Waals surface area contributed by atoms with Gasteiger partial charge in [-0.25, -0.2) is 4.98 Å². The number of nitrogens with one attached hydrogen (secondary N) is 1. The summed E-state index contributed by atoms with van der Waals surface area (Å²) in [4.78, 5) is 33.4. The Hall–Kier alpha value is -3.79. The van der Waals surface area contributed by atoms with Crippen LogP contribution in [0.1, 0.15) is 15.9 Å². The van der Waals surface area contributed by atoms with Crippen LogP contribution in [0.25, 0.3) is 22.6 Å². The number of carbonyl (C=O) groups is 1. The van der Waals surface area contributed by atoms with E-state index >= 15 is 0 Å². The minimum atomic E-state index is -0.448. The first kappa shape index (κ1) is 16.7. The van der Waals surface area contributed by atoms with Crippen LogP contribution >= 0.6 is 0 Å². The van der Waals surface area contributed by atoms with E-state index in [0.29, 0.717) is 17.1 Å². The lowest BCUT2D eigenvalue weighted by molar-refractivity contribution is 0.103. The summed E-state index contributed by atoms with van der Waals surface area (Å²) in [6.07, 6.45) is 0. The van der Waals surface area contributed by atoms with E-state index in [2.05, 4.69) is 9.97 Å². The molecule has 0 saturated carbocycles. The Morgan fingerprint density at radius 2 is 1.22 bits per heavy atom. The molecule has 0 saturated heterocycles. The number of benzene rings is 3. The molecule has 0 amide bonds. The quantitative estimate of drug-likeness (QED) is 0.556. The normalized spacial score (nSPS) is 10.5. The van der Waals surface area contributed by atoms with Crippen LogP contribution in [0.3, 0.4) is 0 Å². The van der Waals surface area contributed by atoms with Crippen molar-refractivity contribution in [3.05, 3.63) is 112 Å². The summed E-state index contributed by atoms with van der Waals surface area (Å²) in [5.74, 6) is 0.0897. The average molecular weight is 352 g/mol. The molecule has 0 bridgehead atoms. The Labute approximate surface area is 156 Å². The van der Waals surface area contributed by atoms with Crippen molar-refractivity contribution >= 4 is 5.78 Å². The van der Waals surface area contributed by atoms with Gasteiger partial charge >= 0.3 is 0 Å². The van der Waals surface area contributed by atoms with Crippen molar-refractivity contribution in [3.8, 4) is 22.6 Å². The number of aromatic amines is 1. The number of H-pyrrole nitrogens is 1. The minimum Gasteiger partial charge on any atom is -0.306 e. The predicted octanol–water partition coefficient (Wildman–Crippen LogP) is 4.33.